The molecule has 0 bridgehead atoms. The van der Waals surface area contributed by atoms with Crippen LogP contribution < -0.4 is 4.74 Å². The second-order valence-electron chi connectivity index (χ2n) is 6.07. The highest BCUT2D eigenvalue weighted by Gasteiger charge is 2.33. The molecule has 1 aromatic rings. The van der Waals surface area contributed by atoms with Crippen molar-refractivity contribution in [3.8, 4) is 5.75 Å². The van der Waals surface area contributed by atoms with E-state index in [0.717, 1.165) is 43.5 Å². The lowest BCUT2D eigenvalue weighted by Crippen LogP contribution is -2.52. The van der Waals surface area contributed by atoms with Gasteiger partial charge in [-0.2, -0.15) is 0 Å². The van der Waals surface area contributed by atoms with Crippen LogP contribution in [0.1, 0.15) is 30.1 Å². The lowest BCUT2D eigenvalue weighted by atomic mass is 10.0. The molecule has 0 radical (unpaired) electrons. The van der Waals surface area contributed by atoms with E-state index in [1.807, 2.05) is 31.2 Å². The van der Waals surface area contributed by atoms with Gasteiger partial charge in [-0.15, -0.1) is 0 Å². The van der Waals surface area contributed by atoms with Gasteiger partial charge < -0.3 is 4.74 Å². The largest absolute Gasteiger partial charge is 0.497 e. The van der Waals surface area contributed by atoms with Gasteiger partial charge in [-0.05, 0) is 44.0 Å². The first-order chi connectivity index (χ1) is 10.2. The number of ketones is 1. The smallest absolute Gasteiger partial charge is 0.179 e. The van der Waals surface area contributed by atoms with Gasteiger partial charge in [0.25, 0.3) is 0 Å². The lowest BCUT2D eigenvalue weighted by molar-refractivity contribution is 0.0687. The molecule has 1 aliphatic carbocycles. The summed E-state index contributed by atoms with van der Waals surface area (Å²) in [6.07, 6.45) is 2.72. The van der Waals surface area contributed by atoms with Crippen molar-refractivity contribution in [2.75, 3.05) is 33.3 Å². The zero-order valence-corrected chi connectivity index (χ0v) is 12.9. The Morgan fingerprint density at radius 1 is 1.14 bits per heavy atom. The van der Waals surface area contributed by atoms with Crippen molar-refractivity contribution in [2.24, 2.45) is 0 Å². The minimum Gasteiger partial charge on any atom is -0.497 e. The number of Topliss-reactive ketones (excluding diaryl/α,β-unsaturated/α-hetero) is 1. The summed E-state index contributed by atoms with van der Waals surface area (Å²) in [5.74, 6) is 0.995. The van der Waals surface area contributed by atoms with Gasteiger partial charge in [-0.1, -0.05) is 0 Å². The number of ether oxygens (including phenoxy) is 1. The van der Waals surface area contributed by atoms with Crippen LogP contribution in [0.15, 0.2) is 24.3 Å². The fourth-order valence-corrected chi connectivity index (χ4v) is 3.09. The van der Waals surface area contributed by atoms with Gasteiger partial charge in [0.15, 0.2) is 5.78 Å². The molecule has 1 aliphatic heterocycles. The van der Waals surface area contributed by atoms with Gasteiger partial charge >= 0.3 is 0 Å². The van der Waals surface area contributed by atoms with Crippen molar-refractivity contribution < 1.29 is 9.53 Å². The van der Waals surface area contributed by atoms with E-state index < -0.39 is 0 Å². The Balaban J connectivity index is 1.58. The summed E-state index contributed by atoms with van der Waals surface area (Å²) in [4.78, 5) is 17.5. The standard InChI is InChI=1S/C17H24N2O2/c1-13(17(20)14-3-7-16(21-2)8-4-14)18-9-11-19(12-10-18)15-5-6-15/h3-4,7-8,13,15H,5-6,9-12H2,1-2H3. The molecule has 1 saturated carbocycles. The van der Waals surface area contributed by atoms with Gasteiger partial charge in [-0.25, -0.2) is 0 Å². The number of hydrogen-bond donors (Lipinski definition) is 0. The van der Waals surface area contributed by atoms with Gasteiger partial charge in [0.2, 0.25) is 0 Å². The van der Waals surface area contributed by atoms with Gasteiger partial charge in [-0.3, -0.25) is 14.6 Å². The Bertz CT molecular complexity index is 488. The highest BCUT2D eigenvalue weighted by Crippen LogP contribution is 2.28. The number of rotatable bonds is 5. The summed E-state index contributed by atoms with van der Waals surface area (Å²) in [5.41, 5.74) is 0.771. The Hall–Kier alpha value is -1.39. The van der Waals surface area contributed by atoms with Crippen LogP contribution in [0.5, 0.6) is 5.75 Å². The molecule has 114 valence electrons. The maximum absolute atomic E-state index is 12.6. The third-order valence-corrected chi connectivity index (χ3v) is 4.71. The second-order valence-corrected chi connectivity index (χ2v) is 6.07. The van der Waals surface area contributed by atoms with E-state index in [4.69, 9.17) is 4.74 Å². The van der Waals surface area contributed by atoms with Crippen molar-refractivity contribution in [1.29, 1.82) is 0 Å². The van der Waals surface area contributed by atoms with Crippen LogP contribution in [0.3, 0.4) is 0 Å². The first-order valence-electron chi connectivity index (χ1n) is 7.85. The molecule has 0 N–H and O–H groups in total. The van der Waals surface area contributed by atoms with Crippen LogP contribution in [0.2, 0.25) is 0 Å². The summed E-state index contributed by atoms with van der Waals surface area (Å²) in [7, 11) is 1.64. The second kappa shape index (κ2) is 6.16. The molecule has 1 atom stereocenters. The third kappa shape index (κ3) is 3.27. The zero-order chi connectivity index (χ0) is 14.8. The van der Waals surface area contributed by atoms with E-state index >= 15 is 0 Å². The fraction of sp³-hybridized carbons (Fsp3) is 0.588. The van der Waals surface area contributed by atoms with Crippen LogP contribution in [0.25, 0.3) is 0 Å². The quantitative estimate of drug-likeness (QED) is 0.776. The maximum atomic E-state index is 12.6. The van der Waals surface area contributed by atoms with Crippen molar-refractivity contribution in [1.82, 2.24) is 9.80 Å². The predicted molar refractivity (Wildman–Crippen MR) is 83.0 cm³/mol. The minimum atomic E-state index is -0.0419. The van der Waals surface area contributed by atoms with Crippen LogP contribution in [-0.2, 0) is 0 Å². The average molecular weight is 288 g/mol. The Morgan fingerprint density at radius 3 is 2.29 bits per heavy atom. The predicted octanol–water partition coefficient (Wildman–Crippen LogP) is 2.05. The van der Waals surface area contributed by atoms with Gasteiger partial charge in [0.05, 0.1) is 13.2 Å². The van der Waals surface area contributed by atoms with Crippen molar-refractivity contribution in [2.45, 2.75) is 31.8 Å². The number of benzene rings is 1. The minimum absolute atomic E-state index is 0.0419. The first-order valence-corrected chi connectivity index (χ1v) is 7.85. The molecule has 1 aromatic carbocycles. The van der Waals surface area contributed by atoms with Gasteiger partial charge in [0, 0.05) is 37.8 Å². The summed E-state index contributed by atoms with van der Waals surface area (Å²) >= 11 is 0. The van der Waals surface area contributed by atoms with Crippen LogP contribution in [0, 0.1) is 0 Å². The summed E-state index contributed by atoms with van der Waals surface area (Å²) in [6, 6.07) is 8.21. The van der Waals surface area contributed by atoms with Crippen LogP contribution in [0.4, 0.5) is 0 Å². The van der Waals surface area contributed by atoms with Crippen LogP contribution in [-0.4, -0.2) is 61.0 Å². The topological polar surface area (TPSA) is 32.8 Å². The van der Waals surface area contributed by atoms with E-state index in [1.165, 1.54) is 12.8 Å². The number of carbonyl (C=O) groups is 1. The fourth-order valence-electron chi connectivity index (χ4n) is 3.09. The van der Waals surface area contributed by atoms with E-state index in [9.17, 15) is 4.79 Å². The molecule has 4 nitrogen and oxygen atoms in total. The molecule has 0 spiro atoms. The number of piperazine rings is 1. The molecule has 1 unspecified atom stereocenters. The van der Waals surface area contributed by atoms with E-state index in [2.05, 4.69) is 9.80 Å². The van der Waals surface area contributed by atoms with Gasteiger partial charge in [0.1, 0.15) is 5.75 Å². The normalized spacial score (nSPS) is 22.0. The Kier molecular flexibility index (Phi) is 4.27. The first kappa shape index (κ1) is 14.5. The molecule has 2 fully saturated rings. The Labute approximate surface area is 126 Å². The SMILES string of the molecule is COc1ccc(C(=O)C(C)N2CCN(C3CC3)CC2)cc1. The number of methoxy groups -OCH3 is 1. The van der Waals surface area contributed by atoms with Crippen molar-refractivity contribution in [3.63, 3.8) is 0 Å². The molecule has 0 amide bonds. The Morgan fingerprint density at radius 2 is 1.76 bits per heavy atom. The van der Waals surface area contributed by atoms with Crippen molar-refractivity contribution in [3.05, 3.63) is 29.8 Å². The van der Waals surface area contributed by atoms with E-state index in [-0.39, 0.29) is 11.8 Å². The molecule has 21 heavy (non-hydrogen) atoms. The monoisotopic (exact) mass is 288 g/mol. The molecule has 1 heterocycles. The molecule has 2 aliphatic rings. The summed E-state index contributed by atoms with van der Waals surface area (Å²) < 4.78 is 5.14. The molecular weight excluding hydrogens is 264 g/mol. The summed E-state index contributed by atoms with van der Waals surface area (Å²) in [6.45, 7) is 6.23. The molecule has 0 aromatic heterocycles. The van der Waals surface area contributed by atoms with E-state index in [0.29, 0.717) is 0 Å². The average Bonchev–Trinajstić information content (AvgIpc) is 3.39. The highest BCUT2D eigenvalue weighted by molar-refractivity contribution is 5.99. The molecule has 1 saturated heterocycles. The molecule has 3 rings (SSSR count). The zero-order valence-electron chi connectivity index (χ0n) is 12.9. The number of carbonyl (C=O) groups excluding carboxylic acids is 1. The van der Waals surface area contributed by atoms with Crippen molar-refractivity contribution >= 4 is 5.78 Å². The third-order valence-electron chi connectivity index (χ3n) is 4.71. The number of nitrogens with zero attached hydrogens (tertiary/aromatic N) is 2. The van der Waals surface area contributed by atoms with Crippen LogP contribution >= 0.6 is 0 Å². The maximum Gasteiger partial charge on any atom is 0.179 e. The molecule has 4 heteroatoms. The van der Waals surface area contributed by atoms with E-state index in [1.54, 1.807) is 7.11 Å². The molecular formula is C17H24N2O2. The summed E-state index contributed by atoms with van der Waals surface area (Å²) in [5, 5.41) is 0. The number of hydrogen-bond acceptors (Lipinski definition) is 4. The lowest BCUT2D eigenvalue weighted by Gasteiger charge is -2.37. The highest BCUT2D eigenvalue weighted by atomic mass is 16.5.